The Balaban J connectivity index is 1.62. The number of methoxy groups -OCH3 is 2. The number of aliphatic hydroxyl groups is 1. The number of hydrogen-bond donors (Lipinski definition) is 1. The van der Waals surface area contributed by atoms with Crippen molar-refractivity contribution in [2.24, 2.45) is 0 Å². The van der Waals surface area contributed by atoms with Gasteiger partial charge in [0.25, 0.3) is 0 Å². The third-order valence-corrected chi connectivity index (χ3v) is 5.36. The van der Waals surface area contributed by atoms with Gasteiger partial charge in [0.1, 0.15) is 18.1 Å². The molecule has 160 valence electrons. The SMILES string of the molecule is COC(=O)/C=C/c1ccc2c(c1)CCC2N(CCO)CCOc1ccc(OC)cc1. The summed E-state index contributed by atoms with van der Waals surface area (Å²) in [6.07, 6.45) is 5.18. The van der Waals surface area contributed by atoms with Crippen LogP contribution in [0.2, 0.25) is 0 Å². The molecular formula is C24H29NO5. The Morgan fingerprint density at radius 1 is 1.13 bits per heavy atom. The van der Waals surface area contributed by atoms with Gasteiger partial charge in [-0.2, -0.15) is 0 Å². The van der Waals surface area contributed by atoms with Crippen LogP contribution in [0.4, 0.5) is 0 Å². The Kier molecular flexibility index (Phi) is 7.88. The molecule has 0 aliphatic heterocycles. The molecule has 6 nitrogen and oxygen atoms in total. The number of aryl methyl sites for hydroxylation is 1. The number of benzene rings is 2. The van der Waals surface area contributed by atoms with Crippen LogP contribution in [0.1, 0.15) is 29.2 Å². The van der Waals surface area contributed by atoms with Gasteiger partial charge >= 0.3 is 5.97 Å². The van der Waals surface area contributed by atoms with E-state index in [4.69, 9.17) is 9.47 Å². The molecule has 2 aromatic rings. The van der Waals surface area contributed by atoms with E-state index in [-0.39, 0.29) is 18.6 Å². The minimum Gasteiger partial charge on any atom is -0.497 e. The molecule has 0 heterocycles. The second-order valence-electron chi connectivity index (χ2n) is 7.15. The number of ether oxygens (including phenoxy) is 3. The minimum absolute atomic E-state index is 0.105. The van der Waals surface area contributed by atoms with E-state index in [0.717, 1.165) is 36.4 Å². The van der Waals surface area contributed by atoms with Crippen molar-refractivity contribution in [2.75, 3.05) is 40.5 Å². The van der Waals surface area contributed by atoms with Crippen LogP contribution >= 0.6 is 0 Å². The number of hydrogen-bond acceptors (Lipinski definition) is 6. The van der Waals surface area contributed by atoms with E-state index in [1.807, 2.05) is 30.3 Å². The zero-order valence-electron chi connectivity index (χ0n) is 17.5. The summed E-state index contributed by atoms with van der Waals surface area (Å²) in [5.74, 6) is 1.24. The summed E-state index contributed by atoms with van der Waals surface area (Å²) < 4.78 is 15.7. The minimum atomic E-state index is -0.362. The van der Waals surface area contributed by atoms with Crippen LogP contribution in [0.15, 0.2) is 48.5 Å². The summed E-state index contributed by atoms with van der Waals surface area (Å²) in [6.45, 7) is 1.97. The van der Waals surface area contributed by atoms with Gasteiger partial charge in [0, 0.05) is 25.2 Å². The molecule has 6 heteroatoms. The fourth-order valence-corrected chi connectivity index (χ4v) is 3.83. The summed E-state index contributed by atoms with van der Waals surface area (Å²) >= 11 is 0. The fourth-order valence-electron chi connectivity index (χ4n) is 3.83. The van der Waals surface area contributed by atoms with Gasteiger partial charge in [-0.15, -0.1) is 0 Å². The number of nitrogens with zero attached hydrogens (tertiary/aromatic N) is 1. The van der Waals surface area contributed by atoms with Crippen molar-refractivity contribution in [1.29, 1.82) is 0 Å². The summed E-state index contributed by atoms with van der Waals surface area (Å²) in [7, 11) is 3.01. The van der Waals surface area contributed by atoms with E-state index < -0.39 is 0 Å². The lowest BCUT2D eigenvalue weighted by Gasteiger charge is -2.29. The lowest BCUT2D eigenvalue weighted by molar-refractivity contribution is -0.134. The summed E-state index contributed by atoms with van der Waals surface area (Å²) in [6, 6.07) is 14.1. The molecule has 0 spiro atoms. The predicted molar refractivity (Wildman–Crippen MR) is 116 cm³/mol. The van der Waals surface area contributed by atoms with E-state index in [0.29, 0.717) is 13.2 Å². The van der Waals surface area contributed by atoms with Gasteiger partial charge in [0.15, 0.2) is 0 Å². The maximum atomic E-state index is 11.3. The van der Waals surface area contributed by atoms with E-state index in [2.05, 4.69) is 21.8 Å². The molecular weight excluding hydrogens is 382 g/mol. The molecule has 30 heavy (non-hydrogen) atoms. The molecule has 2 aromatic carbocycles. The molecule has 0 saturated carbocycles. The van der Waals surface area contributed by atoms with Crippen molar-refractivity contribution in [3.05, 3.63) is 65.2 Å². The summed E-state index contributed by atoms with van der Waals surface area (Å²) in [5.41, 5.74) is 3.55. The van der Waals surface area contributed by atoms with E-state index >= 15 is 0 Å². The second-order valence-corrected chi connectivity index (χ2v) is 7.15. The first-order valence-electron chi connectivity index (χ1n) is 10.1. The monoisotopic (exact) mass is 411 g/mol. The van der Waals surface area contributed by atoms with Crippen molar-refractivity contribution in [3.8, 4) is 11.5 Å². The van der Waals surface area contributed by atoms with Crippen LogP contribution in [0, 0.1) is 0 Å². The first-order valence-corrected chi connectivity index (χ1v) is 10.1. The molecule has 0 saturated heterocycles. The topological polar surface area (TPSA) is 68.2 Å². The Hall–Kier alpha value is -2.83. The smallest absolute Gasteiger partial charge is 0.330 e. The van der Waals surface area contributed by atoms with E-state index in [1.54, 1.807) is 13.2 Å². The highest BCUT2D eigenvalue weighted by atomic mass is 16.5. The lowest BCUT2D eigenvalue weighted by atomic mass is 10.0. The largest absolute Gasteiger partial charge is 0.497 e. The number of esters is 1. The Bertz CT molecular complexity index is 862. The molecule has 1 N–H and O–H groups in total. The first kappa shape index (κ1) is 21.9. The van der Waals surface area contributed by atoms with Crippen LogP contribution < -0.4 is 9.47 Å². The molecule has 0 radical (unpaired) electrons. The molecule has 3 rings (SSSR count). The third-order valence-electron chi connectivity index (χ3n) is 5.36. The maximum Gasteiger partial charge on any atom is 0.330 e. The standard InChI is InChI=1S/C24H29NO5/c1-28-20-6-8-21(9-7-20)30-16-14-25(13-15-26)23-11-5-19-17-18(3-10-22(19)23)4-12-24(27)29-2/h3-4,6-10,12,17,23,26H,5,11,13-16H2,1-2H3/b12-4+. The van der Waals surface area contributed by atoms with E-state index in [9.17, 15) is 9.90 Å². The average molecular weight is 411 g/mol. The van der Waals surface area contributed by atoms with Crippen LogP contribution in [-0.2, 0) is 16.0 Å². The second kappa shape index (κ2) is 10.8. The molecule has 0 amide bonds. The third kappa shape index (κ3) is 5.62. The average Bonchev–Trinajstić information content (AvgIpc) is 3.20. The van der Waals surface area contributed by atoms with Crippen molar-refractivity contribution < 1.29 is 24.1 Å². The van der Waals surface area contributed by atoms with Gasteiger partial charge < -0.3 is 19.3 Å². The number of carbonyl (C=O) groups is 1. The molecule has 1 atom stereocenters. The van der Waals surface area contributed by atoms with Crippen LogP contribution in [0.25, 0.3) is 6.08 Å². The first-order chi connectivity index (χ1) is 14.6. The van der Waals surface area contributed by atoms with Gasteiger partial charge in [0.2, 0.25) is 0 Å². The lowest BCUT2D eigenvalue weighted by Crippen LogP contribution is -2.34. The zero-order chi connectivity index (χ0) is 21.3. The Morgan fingerprint density at radius 2 is 1.90 bits per heavy atom. The molecule has 0 fully saturated rings. The molecule has 1 aliphatic carbocycles. The molecule has 1 unspecified atom stereocenters. The van der Waals surface area contributed by atoms with Gasteiger partial charge in [-0.3, -0.25) is 4.90 Å². The number of aliphatic hydroxyl groups excluding tert-OH is 1. The predicted octanol–water partition coefficient (Wildman–Crippen LogP) is 3.24. The molecule has 1 aliphatic rings. The van der Waals surface area contributed by atoms with Crippen molar-refractivity contribution in [3.63, 3.8) is 0 Å². The number of carbonyl (C=O) groups excluding carboxylic acids is 1. The van der Waals surface area contributed by atoms with Crippen molar-refractivity contribution in [2.45, 2.75) is 18.9 Å². The highest BCUT2D eigenvalue weighted by molar-refractivity contribution is 5.86. The quantitative estimate of drug-likeness (QED) is 0.478. The highest BCUT2D eigenvalue weighted by Gasteiger charge is 2.27. The summed E-state index contributed by atoms with van der Waals surface area (Å²) in [4.78, 5) is 13.6. The highest BCUT2D eigenvalue weighted by Crippen LogP contribution is 2.36. The van der Waals surface area contributed by atoms with Crippen molar-refractivity contribution in [1.82, 2.24) is 4.90 Å². The zero-order valence-corrected chi connectivity index (χ0v) is 17.5. The normalized spacial score (nSPS) is 15.4. The van der Waals surface area contributed by atoms with Gasteiger partial charge in [-0.25, -0.2) is 4.79 Å². The van der Waals surface area contributed by atoms with Gasteiger partial charge in [0.05, 0.1) is 20.8 Å². The molecule has 0 bridgehead atoms. The Labute approximate surface area is 177 Å². The number of rotatable bonds is 10. The maximum absolute atomic E-state index is 11.3. The van der Waals surface area contributed by atoms with E-state index in [1.165, 1.54) is 24.3 Å². The molecule has 0 aromatic heterocycles. The Morgan fingerprint density at radius 3 is 2.60 bits per heavy atom. The van der Waals surface area contributed by atoms with Crippen molar-refractivity contribution >= 4 is 12.0 Å². The van der Waals surface area contributed by atoms with Gasteiger partial charge in [-0.1, -0.05) is 18.2 Å². The van der Waals surface area contributed by atoms with Crippen LogP contribution in [0.3, 0.4) is 0 Å². The van der Waals surface area contributed by atoms with Crippen LogP contribution in [0.5, 0.6) is 11.5 Å². The summed E-state index contributed by atoms with van der Waals surface area (Å²) in [5, 5.41) is 9.56. The fraction of sp³-hybridized carbons (Fsp3) is 0.375. The number of fused-ring (bicyclic) bond motifs is 1. The van der Waals surface area contributed by atoms with Crippen LogP contribution in [-0.4, -0.2) is 56.5 Å². The van der Waals surface area contributed by atoms with Gasteiger partial charge in [-0.05, 0) is 59.9 Å².